The van der Waals surface area contributed by atoms with E-state index in [1.165, 1.54) is 4.57 Å². The Bertz CT molecular complexity index is 928. The summed E-state index contributed by atoms with van der Waals surface area (Å²) in [5.74, 6) is 0.124. The Kier molecular flexibility index (Phi) is 5.00. The first-order chi connectivity index (χ1) is 12.1. The van der Waals surface area contributed by atoms with Crippen molar-refractivity contribution in [3.05, 3.63) is 70.4 Å². The first kappa shape index (κ1) is 17.0. The monoisotopic (exact) mass is 340 g/mol. The molecule has 0 saturated carbocycles. The normalized spacial score (nSPS) is 12.2. The molecule has 1 amide bonds. The van der Waals surface area contributed by atoms with Crippen molar-refractivity contribution in [1.82, 2.24) is 9.88 Å². The number of aryl methyl sites for hydroxylation is 1. The van der Waals surface area contributed by atoms with Crippen LogP contribution in [0.5, 0.6) is 0 Å². The highest BCUT2D eigenvalue weighted by atomic mass is 16.3. The zero-order valence-corrected chi connectivity index (χ0v) is 13.9. The number of carbonyl (C=O) groups is 1. The Hall–Kier alpha value is -2.86. The summed E-state index contributed by atoms with van der Waals surface area (Å²) in [5, 5.41) is 13.1. The smallest absolute Gasteiger partial charge is 0.263 e. The molecule has 0 aliphatic heterocycles. The minimum Gasteiger partial charge on any atom is -0.469 e. The average Bonchev–Trinajstić information content (AvgIpc) is 3.14. The zero-order chi connectivity index (χ0) is 17.8. The van der Waals surface area contributed by atoms with Gasteiger partial charge < -0.3 is 19.4 Å². The van der Waals surface area contributed by atoms with Gasteiger partial charge in [-0.15, -0.1) is 0 Å². The maximum atomic E-state index is 12.5. The number of hydrogen-bond donors (Lipinski definition) is 2. The number of nitrogens with one attached hydrogen (secondary N) is 1. The van der Waals surface area contributed by atoms with Gasteiger partial charge in [-0.25, -0.2) is 0 Å². The number of hydrogen-bond acceptors (Lipinski definition) is 4. The minimum atomic E-state index is -0.441. The summed E-state index contributed by atoms with van der Waals surface area (Å²) in [6, 6.07) is 12.6. The Labute approximate surface area is 144 Å². The third-order valence-corrected chi connectivity index (χ3v) is 4.26. The van der Waals surface area contributed by atoms with E-state index in [4.69, 9.17) is 4.42 Å². The van der Waals surface area contributed by atoms with Gasteiger partial charge in [0, 0.05) is 32.5 Å². The highest BCUT2D eigenvalue weighted by molar-refractivity contribution is 5.97. The summed E-state index contributed by atoms with van der Waals surface area (Å²) in [6.45, 7) is 0.169. The molecule has 0 saturated heterocycles. The van der Waals surface area contributed by atoms with Gasteiger partial charge in [0.25, 0.3) is 11.5 Å². The van der Waals surface area contributed by atoms with E-state index in [1.54, 1.807) is 25.4 Å². The number of fused-ring (bicyclic) bond motifs is 1. The van der Waals surface area contributed by atoms with E-state index < -0.39 is 5.91 Å². The number of amides is 1. The highest BCUT2D eigenvalue weighted by Gasteiger charge is 2.16. The molecular formula is C19H20N2O4. The van der Waals surface area contributed by atoms with Crippen LogP contribution in [0.1, 0.15) is 16.1 Å². The summed E-state index contributed by atoms with van der Waals surface area (Å²) >= 11 is 0. The second kappa shape index (κ2) is 7.36. The number of pyridine rings is 1. The summed E-state index contributed by atoms with van der Waals surface area (Å²) in [5.41, 5.74) is 0.522. The van der Waals surface area contributed by atoms with E-state index in [-0.39, 0.29) is 30.2 Å². The molecule has 1 aromatic carbocycles. The third kappa shape index (κ3) is 3.64. The molecule has 1 atom stereocenters. The number of benzene rings is 1. The van der Waals surface area contributed by atoms with E-state index in [9.17, 15) is 14.7 Å². The van der Waals surface area contributed by atoms with Gasteiger partial charge in [0.1, 0.15) is 11.3 Å². The van der Waals surface area contributed by atoms with E-state index in [0.717, 1.165) is 16.7 Å². The van der Waals surface area contributed by atoms with Gasteiger partial charge in [0.2, 0.25) is 0 Å². The number of aromatic nitrogens is 1. The van der Waals surface area contributed by atoms with Crippen molar-refractivity contribution in [2.75, 3.05) is 13.2 Å². The predicted octanol–water partition coefficient (Wildman–Crippen LogP) is 1.71. The molecule has 130 valence electrons. The van der Waals surface area contributed by atoms with Gasteiger partial charge in [-0.1, -0.05) is 18.2 Å². The van der Waals surface area contributed by atoms with Crippen LogP contribution in [0.3, 0.4) is 0 Å². The van der Waals surface area contributed by atoms with E-state index in [2.05, 4.69) is 5.32 Å². The number of carbonyl (C=O) groups excluding carboxylic acids is 1. The maximum Gasteiger partial charge on any atom is 0.263 e. The van der Waals surface area contributed by atoms with Crippen LogP contribution in [0.4, 0.5) is 0 Å². The van der Waals surface area contributed by atoms with Crippen LogP contribution in [0.25, 0.3) is 10.9 Å². The van der Waals surface area contributed by atoms with Crippen LogP contribution < -0.4 is 10.9 Å². The molecule has 1 unspecified atom stereocenters. The maximum absolute atomic E-state index is 12.5. The third-order valence-electron chi connectivity index (χ3n) is 4.26. The molecule has 0 aliphatic rings. The zero-order valence-electron chi connectivity index (χ0n) is 13.9. The van der Waals surface area contributed by atoms with Gasteiger partial charge in [-0.3, -0.25) is 9.59 Å². The van der Waals surface area contributed by atoms with Crippen molar-refractivity contribution >= 4 is 16.8 Å². The molecule has 0 aliphatic carbocycles. The quantitative estimate of drug-likeness (QED) is 0.715. The van der Waals surface area contributed by atoms with E-state index in [0.29, 0.717) is 6.42 Å². The molecule has 25 heavy (non-hydrogen) atoms. The summed E-state index contributed by atoms with van der Waals surface area (Å²) in [7, 11) is 1.65. The second-order valence-electron chi connectivity index (χ2n) is 6.02. The predicted molar refractivity (Wildman–Crippen MR) is 94.5 cm³/mol. The first-order valence-corrected chi connectivity index (χ1v) is 8.10. The second-order valence-corrected chi connectivity index (χ2v) is 6.02. The van der Waals surface area contributed by atoms with Crippen molar-refractivity contribution in [3.63, 3.8) is 0 Å². The molecule has 3 aromatic rings. The standard InChI is InChI=1S/C19H20N2O4/c1-21-17-7-3-2-5-14(17)10-16(19(21)24)18(23)20-11-13(12-22)9-15-6-4-8-25-15/h2-8,10,13,22H,9,11-12H2,1H3,(H,20,23). The topological polar surface area (TPSA) is 84.5 Å². The molecule has 3 rings (SSSR count). The molecule has 0 fully saturated rings. The van der Waals surface area contributed by atoms with Gasteiger partial charge in [-0.2, -0.15) is 0 Å². The van der Waals surface area contributed by atoms with Gasteiger partial charge in [0.15, 0.2) is 0 Å². The highest BCUT2D eigenvalue weighted by Crippen LogP contribution is 2.13. The number of furan rings is 1. The van der Waals surface area contributed by atoms with Crippen molar-refractivity contribution in [2.24, 2.45) is 13.0 Å². The van der Waals surface area contributed by atoms with Crippen LogP contribution in [0, 0.1) is 5.92 Å². The lowest BCUT2D eigenvalue weighted by molar-refractivity contribution is 0.0937. The summed E-state index contributed by atoms with van der Waals surface area (Å²) < 4.78 is 6.73. The number of nitrogens with zero attached hydrogens (tertiary/aromatic N) is 1. The van der Waals surface area contributed by atoms with Crippen molar-refractivity contribution in [1.29, 1.82) is 0 Å². The Morgan fingerprint density at radius 2 is 2.08 bits per heavy atom. The van der Waals surface area contributed by atoms with E-state index in [1.807, 2.05) is 30.3 Å². The molecule has 6 heteroatoms. The minimum absolute atomic E-state index is 0.0866. The molecule has 0 bridgehead atoms. The van der Waals surface area contributed by atoms with Gasteiger partial charge in [0.05, 0.1) is 11.8 Å². The average molecular weight is 340 g/mol. The van der Waals surface area contributed by atoms with Crippen LogP contribution >= 0.6 is 0 Å². The molecule has 2 N–H and O–H groups in total. The molecule has 0 radical (unpaired) electrons. The SMILES string of the molecule is Cn1c(=O)c(C(=O)NCC(CO)Cc2ccco2)cc2ccccc21. The fourth-order valence-electron chi connectivity index (χ4n) is 2.83. The molecule has 2 aromatic heterocycles. The number of aliphatic hydroxyl groups is 1. The summed E-state index contributed by atoms with van der Waals surface area (Å²) in [6.07, 6.45) is 2.08. The van der Waals surface area contributed by atoms with Crippen molar-refractivity contribution in [3.8, 4) is 0 Å². The fourth-order valence-corrected chi connectivity index (χ4v) is 2.83. The number of aliphatic hydroxyl groups excluding tert-OH is 1. The fraction of sp³-hybridized carbons (Fsp3) is 0.263. The lowest BCUT2D eigenvalue weighted by Gasteiger charge is -2.14. The summed E-state index contributed by atoms with van der Waals surface area (Å²) in [4.78, 5) is 24.9. The Morgan fingerprint density at radius 3 is 2.80 bits per heavy atom. The molecule has 6 nitrogen and oxygen atoms in total. The number of rotatable bonds is 6. The van der Waals surface area contributed by atoms with Crippen LogP contribution in [0.2, 0.25) is 0 Å². The Balaban J connectivity index is 1.75. The van der Waals surface area contributed by atoms with Crippen molar-refractivity contribution < 1.29 is 14.3 Å². The Morgan fingerprint density at radius 1 is 1.28 bits per heavy atom. The lowest BCUT2D eigenvalue weighted by atomic mass is 10.0. The van der Waals surface area contributed by atoms with Crippen LogP contribution in [-0.2, 0) is 13.5 Å². The van der Waals surface area contributed by atoms with Gasteiger partial charge >= 0.3 is 0 Å². The molecule has 0 spiro atoms. The molecule has 2 heterocycles. The number of para-hydroxylation sites is 1. The van der Waals surface area contributed by atoms with Crippen LogP contribution in [0.15, 0.2) is 57.9 Å². The first-order valence-electron chi connectivity index (χ1n) is 8.10. The molecular weight excluding hydrogens is 320 g/mol. The van der Waals surface area contributed by atoms with Gasteiger partial charge in [-0.05, 0) is 29.7 Å². The van der Waals surface area contributed by atoms with Crippen LogP contribution in [-0.4, -0.2) is 28.7 Å². The lowest BCUT2D eigenvalue weighted by Crippen LogP contribution is -2.36. The van der Waals surface area contributed by atoms with Crippen molar-refractivity contribution in [2.45, 2.75) is 6.42 Å². The largest absolute Gasteiger partial charge is 0.469 e. The van der Waals surface area contributed by atoms with E-state index >= 15 is 0 Å².